The Balaban J connectivity index is 2.15. The largest absolute Gasteiger partial charge is 0.437 e. The number of pyridine rings is 1. The minimum Gasteiger partial charge on any atom is -0.363 e. The highest BCUT2D eigenvalue weighted by Crippen LogP contribution is 2.43. The molecule has 10 heteroatoms. The summed E-state index contributed by atoms with van der Waals surface area (Å²) in [6, 6.07) is 3.79. The van der Waals surface area contributed by atoms with Crippen molar-refractivity contribution in [3.63, 3.8) is 0 Å². The van der Waals surface area contributed by atoms with Crippen molar-refractivity contribution in [3.05, 3.63) is 65.7 Å². The van der Waals surface area contributed by atoms with Crippen molar-refractivity contribution in [2.24, 2.45) is 5.92 Å². The number of urea groups is 1. The number of hydrogen-bond donors (Lipinski definition) is 3. The van der Waals surface area contributed by atoms with Gasteiger partial charge in [0.25, 0.3) is 0 Å². The summed E-state index contributed by atoms with van der Waals surface area (Å²) in [6.07, 6.45) is -2.82. The van der Waals surface area contributed by atoms with E-state index in [1.165, 1.54) is 29.8 Å². The highest BCUT2D eigenvalue weighted by Gasteiger charge is 2.66. The monoisotopic (exact) mass is 383 g/mol. The molecule has 142 valence electrons. The van der Waals surface area contributed by atoms with Gasteiger partial charge >= 0.3 is 12.2 Å². The summed E-state index contributed by atoms with van der Waals surface area (Å²) in [5, 5.41) is 14.0. The first kappa shape index (κ1) is 18.8. The minimum absolute atomic E-state index is 0.0930. The maximum absolute atomic E-state index is 13.7. The molecule has 27 heavy (non-hydrogen) atoms. The zero-order chi connectivity index (χ0) is 19.8. The molecule has 3 atom stereocenters. The molecule has 0 unspecified atom stereocenters. The van der Waals surface area contributed by atoms with Gasteiger partial charge in [0.05, 0.1) is 6.04 Å². The summed E-state index contributed by atoms with van der Waals surface area (Å²) >= 11 is 0. The highest BCUT2D eigenvalue weighted by molar-refractivity contribution is 6.00. The molecule has 0 radical (unpaired) electrons. The van der Waals surface area contributed by atoms with E-state index in [0.717, 1.165) is 24.3 Å². The van der Waals surface area contributed by atoms with Crippen molar-refractivity contribution in [1.82, 2.24) is 15.6 Å². The number of rotatable bonds is 3. The number of carbonyl (C=O) groups excluding carboxylic acids is 2. The van der Waals surface area contributed by atoms with Crippen LogP contribution in [0.25, 0.3) is 0 Å². The van der Waals surface area contributed by atoms with Crippen molar-refractivity contribution in [1.29, 1.82) is 0 Å². The molecule has 1 aliphatic heterocycles. The zero-order valence-corrected chi connectivity index (χ0v) is 13.5. The van der Waals surface area contributed by atoms with Gasteiger partial charge < -0.3 is 15.7 Å². The number of aliphatic hydroxyl groups is 1. The van der Waals surface area contributed by atoms with Crippen molar-refractivity contribution < 1.29 is 32.3 Å². The van der Waals surface area contributed by atoms with Gasteiger partial charge in [-0.2, -0.15) is 13.2 Å². The van der Waals surface area contributed by atoms with Gasteiger partial charge in [-0.1, -0.05) is 6.07 Å². The molecular weight excluding hydrogens is 370 g/mol. The number of carbonyl (C=O) groups is 2. The lowest BCUT2D eigenvalue weighted by Crippen LogP contribution is -2.72. The molecule has 2 aromatic rings. The molecule has 1 aromatic carbocycles. The molecule has 1 aromatic heterocycles. The number of alkyl halides is 3. The summed E-state index contributed by atoms with van der Waals surface area (Å²) in [4.78, 5) is 28.4. The van der Waals surface area contributed by atoms with Crippen molar-refractivity contribution in [2.75, 3.05) is 0 Å². The molecule has 0 spiro atoms. The third-order valence-corrected chi connectivity index (χ3v) is 4.26. The molecule has 1 fully saturated rings. The number of Topliss-reactive ketones (excluding diaryl/α,β-unsaturated/α-hetero) is 1. The third-order valence-electron chi connectivity index (χ3n) is 4.26. The van der Waals surface area contributed by atoms with Gasteiger partial charge in [-0.15, -0.1) is 0 Å². The van der Waals surface area contributed by atoms with Crippen LogP contribution in [0.2, 0.25) is 0 Å². The van der Waals surface area contributed by atoms with Crippen LogP contribution in [0.4, 0.5) is 22.4 Å². The number of benzene rings is 1. The Bertz CT molecular complexity index is 858. The SMILES string of the molecule is O=C1N[C@H](c2cccnc2)[C@@H](C(=O)c2ccc(F)cc2)[C@@](O)(C(F)(F)F)N1. The number of aromatic nitrogens is 1. The van der Waals surface area contributed by atoms with Gasteiger partial charge in [-0.25, -0.2) is 9.18 Å². The molecule has 3 rings (SSSR count). The van der Waals surface area contributed by atoms with Gasteiger partial charge in [0.1, 0.15) is 11.7 Å². The molecule has 2 heterocycles. The van der Waals surface area contributed by atoms with Gasteiger partial charge in [0, 0.05) is 18.0 Å². The van der Waals surface area contributed by atoms with Crippen molar-refractivity contribution >= 4 is 11.8 Å². The number of amides is 2. The fraction of sp³-hybridized carbons (Fsp3) is 0.235. The van der Waals surface area contributed by atoms with Crippen LogP contribution in [-0.2, 0) is 0 Å². The zero-order valence-electron chi connectivity index (χ0n) is 13.5. The number of ketones is 1. The van der Waals surface area contributed by atoms with E-state index in [2.05, 4.69) is 10.3 Å². The molecule has 1 saturated heterocycles. The second kappa shape index (κ2) is 6.62. The lowest BCUT2D eigenvalue weighted by molar-refractivity contribution is -0.287. The van der Waals surface area contributed by atoms with Crippen LogP contribution in [0.5, 0.6) is 0 Å². The average molecular weight is 383 g/mol. The Kier molecular flexibility index (Phi) is 4.60. The van der Waals surface area contributed by atoms with Crippen molar-refractivity contribution in [3.8, 4) is 0 Å². The average Bonchev–Trinajstić information content (AvgIpc) is 2.61. The number of nitrogens with one attached hydrogen (secondary N) is 2. The Morgan fingerprint density at radius 2 is 1.85 bits per heavy atom. The summed E-state index contributed by atoms with van der Waals surface area (Å²) in [5.74, 6) is -3.99. The summed E-state index contributed by atoms with van der Waals surface area (Å²) in [6.45, 7) is 0. The van der Waals surface area contributed by atoms with Gasteiger partial charge in [0.15, 0.2) is 5.78 Å². The van der Waals surface area contributed by atoms with E-state index in [0.29, 0.717) is 0 Å². The minimum atomic E-state index is -5.36. The Morgan fingerprint density at radius 1 is 1.19 bits per heavy atom. The van der Waals surface area contributed by atoms with Gasteiger partial charge in [-0.05, 0) is 35.9 Å². The second-order valence-corrected chi connectivity index (χ2v) is 5.98. The van der Waals surface area contributed by atoms with E-state index in [4.69, 9.17) is 0 Å². The maximum Gasteiger partial charge on any atom is 0.437 e. The molecular formula is C17H13F4N3O3. The smallest absolute Gasteiger partial charge is 0.363 e. The van der Waals surface area contributed by atoms with Crippen LogP contribution in [0, 0.1) is 11.7 Å². The lowest BCUT2D eigenvalue weighted by atomic mass is 9.77. The van der Waals surface area contributed by atoms with Crippen LogP contribution in [0.3, 0.4) is 0 Å². The Hall–Kier alpha value is -3.01. The first-order valence-corrected chi connectivity index (χ1v) is 7.71. The molecule has 0 bridgehead atoms. The molecule has 6 nitrogen and oxygen atoms in total. The standard InChI is InChI=1S/C17H13F4N3O3/c18-11-5-3-9(4-6-11)14(25)12-13(10-2-1-7-22-8-10)23-15(26)24-16(12,27)17(19,20)21/h1-8,12-13,27H,(H2,23,24,26)/t12-,13+,16+/m0/s1. The first-order valence-electron chi connectivity index (χ1n) is 7.71. The van der Waals surface area contributed by atoms with Crippen LogP contribution in [0.15, 0.2) is 48.8 Å². The Morgan fingerprint density at radius 3 is 2.41 bits per heavy atom. The second-order valence-electron chi connectivity index (χ2n) is 5.98. The van der Waals surface area contributed by atoms with Crippen molar-refractivity contribution in [2.45, 2.75) is 17.9 Å². The topological polar surface area (TPSA) is 91.3 Å². The van der Waals surface area contributed by atoms with E-state index in [1.54, 1.807) is 0 Å². The van der Waals surface area contributed by atoms with E-state index in [1.807, 2.05) is 0 Å². The molecule has 0 saturated carbocycles. The molecule has 0 aliphatic carbocycles. The van der Waals surface area contributed by atoms with Crippen LogP contribution in [0.1, 0.15) is 22.0 Å². The van der Waals surface area contributed by atoms with E-state index in [9.17, 15) is 32.3 Å². The van der Waals surface area contributed by atoms with E-state index >= 15 is 0 Å². The first-order chi connectivity index (χ1) is 12.6. The molecule has 3 N–H and O–H groups in total. The molecule has 1 aliphatic rings. The Labute approximate surface area is 150 Å². The molecule has 2 amide bonds. The van der Waals surface area contributed by atoms with E-state index < -0.39 is 41.5 Å². The van der Waals surface area contributed by atoms with Crippen LogP contribution < -0.4 is 10.6 Å². The number of halogens is 4. The predicted octanol–water partition coefficient (Wildman–Crippen LogP) is 2.32. The highest BCUT2D eigenvalue weighted by atomic mass is 19.4. The van der Waals surface area contributed by atoms with Crippen LogP contribution in [-0.4, -0.2) is 33.8 Å². The number of hydrogen-bond acceptors (Lipinski definition) is 4. The fourth-order valence-electron chi connectivity index (χ4n) is 2.97. The van der Waals surface area contributed by atoms with E-state index in [-0.39, 0.29) is 11.1 Å². The lowest BCUT2D eigenvalue weighted by Gasteiger charge is -2.44. The summed E-state index contributed by atoms with van der Waals surface area (Å²) in [7, 11) is 0. The van der Waals surface area contributed by atoms with Gasteiger partial charge in [0.2, 0.25) is 5.72 Å². The van der Waals surface area contributed by atoms with Crippen LogP contribution >= 0.6 is 0 Å². The third kappa shape index (κ3) is 3.35. The van der Waals surface area contributed by atoms with Gasteiger partial charge in [-0.3, -0.25) is 9.78 Å². The maximum atomic E-state index is 13.7. The summed E-state index contributed by atoms with van der Waals surface area (Å²) < 4.78 is 54.1. The summed E-state index contributed by atoms with van der Waals surface area (Å²) in [5.41, 5.74) is -3.99. The predicted molar refractivity (Wildman–Crippen MR) is 83.9 cm³/mol. The fourth-order valence-corrected chi connectivity index (χ4v) is 2.97. The number of nitrogens with zero attached hydrogens (tertiary/aromatic N) is 1. The normalized spacial score (nSPS) is 25.4. The quantitative estimate of drug-likeness (QED) is 0.561.